The van der Waals surface area contributed by atoms with Crippen molar-refractivity contribution in [2.45, 2.75) is 6.92 Å². The second-order valence-electron chi connectivity index (χ2n) is 5.18. The van der Waals surface area contributed by atoms with Gasteiger partial charge in [-0.2, -0.15) is 0 Å². The van der Waals surface area contributed by atoms with Gasteiger partial charge in [0.1, 0.15) is 0 Å². The molecule has 0 bridgehead atoms. The summed E-state index contributed by atoms with van der Waals surface area (Å²) in [6, 6.07) is 8.60. The van der Waals surface area contributed by atoms with Crippen molar-refractivity contribution in [1.82, 2.24) is 4.90 Å². The molecule has 1 aromatic carbocycles. The summed E-state index contributed by atoms with van der Waals surface area (Å²) in [6.07, 6.45) is 0. The van der Waals surface area contributed by atoms with Crippen LogP contribution in [0, 0.1) is 0 Å². The summed E-state index contributed by atoms with van der Waals surface area (Å²) in [5.74, 6) is -0.841. The molecule has 2 N–H and O–H groups in total. The molecule has 0 saturated heterocycles. The van der Waals surface area contributed by atoms with Gasteiger partial charge in [0.15, 0.2) is 0 Å². The molecule has 0 radical (unpaired) electrons. The number of amides is 3. The summed E-state index contributed by atoms with van der Waals surface area (Å²) in [5, 5.41) is 5.37. The first kappa shape index (κ1) is 19.6. The van der Waals surface area contributed by atoms with Crippen LogP contribution in [0.25, 0.3) is 0 Å². The molecule has 0 aliphatic carbocycles. The van der Waals surface area contributed by atoms with Crippen LogP contribution in [0.2, 0.25) is 0 Å². The molecule has 0 aliphatic heterocycles. The van der Waals surface area contributed by atoms with E-state index in [0.717, 1.165) is 8.26 Å². The summed E-state index contributed by atoms with van der Waals surface area (Å²) < 4.78 is 1.60. The highest BCUT2D eigenvalue weighted by atomic mass is 79.9. The third-order valence-corrected chi connectivity index (χ3v) is 5.18. The number of nitrogens with one attached hydrogen (secondary N) is 2. The largest absolute Gasteiger partial charge is 0.332 e. The second kappa shape index (κ2) is 8.59. The van der Waals surface area contributed by atoms with Crippen LogP contribution in [-0.2, 0) is 9.59 Å². The summed E-state index contributed by atoms with van der Waals surface area (Å²) in [5.41, 5.74) is 0.939. The van der Waals surface area contributed by atoms with Gasteiger partial charge in [-0.25, -0.2) is 0 Å². The van der Waals surface area contributed by atoms with E-state index in [1.165, 1.54) is 23.2 Å². The highest BCUT2D eigenvalue weighted by Crippen LogP contribution is 2.26. The van der Waals surface area contributed by atoms with Crippen LogP contribution < -0.4 is 10.6 Å². The monoisotopic (exact) mass is 487 g/mol. The Morgan fingerprint density at radius 2 is 1.80 bits per heavy atom. The van der Waals surface area contributed by atoms with Crippen LogP contribution in [-0.4, -0.2) is 36.2 Å². The number of carbonyl (C=O) groups excluding carboxylic acids is 3. The van der Waals surface area contributed by atoms with Crippen LogP contribution in [0.15, 0.2) is 38.6 Å². The predicted octanol–water partition coefficient (Wildman–Crippen LogP) is 3.94. The van der Waals surface area contributed by atoms with E-state index in [2.05, 4.69) is 42.5 Å². The van der Waals surface area contributed by atoms with Gasteiger partial charge in [-0.3, -0.25) is 14.4 Å². The molecule has 0 atom stereocenters. The molecule has 0 fully saturated rings. The van der Waals surface area contributed by atoms with Gasteiger partial charge in [0.05, 0.1) is 26.6 Å². The fourth-order valence-corrected chi connectivity index (χ4v) is 3.75. The molecular weight excluding hydrogens is 474 g/mol. The van der Waals surface area contributed by atoms with Crippen molar-refractivity contribution in [2.75, 3.05) is 24.2 Å². The molecule has 1 heterocycles. The summed E-state index contributed by atoms with van der Waals surface area (Å²) in [7, 11) is 1.56. The van der Waals surface area contributed by atoms with Crippen LogP contribution in [0.5, 0.6) is 0 Å². The second-order valence-corrected chi connectivity index (χ2v) is 8.56. The zero-order chi connectivity index (χ0) is 18.6. The van der Waals surface area contributed by atoms with E-state index in [0.29, 0.717) is 16.3 Å². The molecule has 6 nitrogen and oxygen atoms in total. The van der Waals surface area contributed by atoms with Gasteiger partial charge in [-0.15, -0.1) is 11.3 Å². The number of benzene rings is 1. The molecule has 0 aliphatic rings. The zero-order valence-electron chi connectivity index (χ0n) is 13.4. The molecule has 0 unspecified atom stereocenters. The zero-order valence-corrected chi connectivity index (χ0v) is 17.4. The molecule has 2 aromatic rings. The average Bonchev–Trinajstić information content (AvgIpc) is 2.95. The lowest BCUT2D eigenvalue weighted by atomic mass is 10.2. The first-order valence-corrected chi connectivity index (χ1v) is 9.54. The van der Waals surface area contributed by atoms with E-state index in [1.54, 1.807) is 37.4 Å². The van der Waals surface area contributed by atoms with Crippen molar-refractivity contribution >= 4 is 72.3 Å². The normalized spacial score (nSPS) is 10.2. The van der Waals surface area contributed by atoms with Crippen LogP contribution in [0.3, 0.4) is 0 Å². The number of nitrogens with zero attached hydrogens (tertiary/aromatic N) is 1. The standard InChI is InChI=1S/C16H15Br2N3O3S/c1-9(22)19-11-4-3-10(17)7-12(11)20-15(23)8-21(2)16(24)13-5-6-14(18)25-13/h3-7H,8H2,1-2H3,(H,19,22)(H,20,23). The lowest BCUT2D eigenvalue weighted by molar-refractivity contribution is -0.117. The number of rotatable bonds is 5. The van der Waals surface area contributed by atoms with Gasteiger partial charge >= 0.3 is 0 Å². The summed E-state index contributed by atoms with van der Waals surface area (Å²) in [4.78, 5) is 37.7. The molecule has 3 amide bonds. The molecule has 9 heteroatoms. The van der Waals surface area contributed by atoms with Gasteiger partial charge in [-0.1, -0.05) is 15.9 Å². The first-order chi connectivity index (χ1) is 11.8. The van der Waals surface area contributed by atoms with E-state index >= 15 is 0 Å². The molecule has 2 rings (SSSR count). The van der Waals surface area contributed by atoms with Crippen LogP contribution in [0.1, 0.15) is 16.6 Å². The number of halogens is 2. The van der Waals surface area contributed by atoms with E-state index in [9.17, 15) is 14.4 Å². The maximum atomic E-state index is 12.3. The van der Waals surface area contributed by atoms with Crippen molar-refractivity contribution < 1.29 is 14.4 Å². The van der Waals surface area contributed by atoms with Crippen molar-refractivity contribution in [3.05, 3.63) is 43.5 Å². The minimum Gasteiger partial charge on any atom is -0.332 e. The molecule has 0 spiro atoms. The number of likely N-dealkylation sites (N-methyl/N-ethyl adjacent to an activating group) is 1. The fraction of sp³-hybridized carbons (Fsp3) is 0.188. The van der Waals surface area contributed by atoms with Crippen LogP contribution in [0.4, 0.5) is 11.4 Å². The van der Waals surface area contributed by atoms with Crippen molar-refractivity contribution in [1.29, 1.82) is 0 Å². The van der Waals surface area contributed by atoms with Crippen molar-refractivity contribution in [3.8, 4) is 0 Å². The highest BCUT2D eigenvalue weighted by molar-refractivity contribution is 9.11. The van der Waals surface area contributed by atoms with Gasteiger partial charge in [-0.05, 0) is 46.3 Å². The Hall–Kier alpha value is -1.71. The number of hydrogen-bond acceptors (Lipinski definition) is 4. The minimum atomic E-state index is -0.365. The number of hydrogen-bond donors (Lipinski definition) is 2. The molecular formula is C16H15Br2N3O3S. The predicted molar refractivity (Wildman–Crippen MR) is 106 cm³/mol. The van der Waals surface area contributed by atoms with E-state index < -0.39 is 0 Å². The Labute approximate surface area is 165 Å². The summed E-state index contributed by atoms with van der Waals surface area (Å²) >= 11 is 7.94. The van der Waals surface area contributed by atoms with Gasteiger partial charge in [0.2, 0.25) is 11.8 Å². The van der Waals surface area contributed by atoms with Crippen molar-refractivity contribution in [2.24, 2.45) is 0 Å². The third kappa shape index (κ3) is 5.65. The van der Waals surface area contributed by atoms with Gasteiger partial charge in [0, 0.05) is 18.4 Å². The van der Waals surface area contributed by atoms with E-state index in [4.69, 9.17) is 0 Å². The maximum Gasteiger partial charge on any atom is 0.264 e. The molecule has 1 aromatic heterocycles. The van der Waals surface area contributed by atoms with Gasteiger partial charge < -0.3 is 15.5 Å². The Kier molecular flexibility index (Phi) is 6.74. The SMILES string of the molecule is CC(=O)Nc1ccc(Br)cc1NC(=O)CN(C)C(=O)c1ccc(Br)s1. The Balaban J connectivity index is 2.05. The fourth-order valence-electron chi connectivity index (χ4n) is 2.01. The Bertz CT molecular complexity index is 823. The lowest BCUT2D eigenvalue weighted by Gasteiger charge is -2.17. The molecule has 132 valence electrons. The minimum absolute atomic E-state index is 0.111. The number of thiophene rings is 1. The maximum absolute atomic E-state index is 12.3. The van der Waals surface area contributed by atoms with E-state index in [1.807, 2.05) is 0 Å². The quantitative estimate of drug-likeness (QED) is 0.668. The van der Waals surface area contributed by atoms with Crippen molar-refractivity contribution in [3.63, 3.8) is 0 Å². The van der Waals surface area contributed by atoms with Gasteiger partial charge in [0.25, 0.3) is 5.91 Å². The van der Waals surface area contributed by atoms with E-state index in [-0.39, 0.29) is 24.3 Å². The number of anilines is 2. The highest BCUT2D eigenvalue weighted by Gasteiger charge is 2.17. The average molecular weight is 489 g/mol. The topological polar surface area (TPSA) is 78.5 Å². The van der Waals surface area contributed by atoms with Crippen LogP contribution >= 0.6 is 43.2 Å². The molecule has 0 saturated carbocycles. The smallest absolute Gasteiger partial charge is 0.264 e. The third-order valence-electron chi connectivity index (χ3n) is 3.08. The number of carbonyl (C=O) groups is 3. The molecule has 25 heavy (non-hydrogen) atoms. The Morgan fingerprint density at radius 3 is 2.40 bits per heavy atom. The summed E-state index contributed by atoms with van der Waals surface area (Å²) in [6.45, 7) is 1.28. The lowest BCUT2D eigenvalue weighted by Crippen LogP contribution is -2.34. The first-order valence-electron chi connectivity index (χ1n) is 7.14. The Morgan fingerprint density at radius 1 is 1.08 bits per heavy atom.